The Hall–Kier alpha value is -2.60. The summed E-state index contributed by atoms with van der Waals surface area (Å²) in [6.45, 7) is 8.20. The monoisotopic (exact) mass is 395 g/mol. The van der Waals surface area contributed by atoms with Gasteiger partial charge in [-0.25, -0.2) is 0 Å². The Morgan fingerprint density at radius 1 is 1.04 bits per heavy atom. The fourth-order valence-corrected chi connectivity index (χ4v) is 3.89. The van der Waals surface area contributed by atoms with Crippen molar-refractivity contribution in [1.29, 1.82) is 0 Å². The van der Waals surface area contributed by atoms with Crippen molar-refractivity contribution in [2.45, 2.75) is 44.0 Å². The quantitative estimate of drug-likeness (QED) is 0.433. The standard InChI is InChI=1S/C22H25N3O2S/c1-14(2)18-8-6-7-9-19(18)25-20(17-12-10-15(3)11-13-17)23-24-22(25)28-16(4)21(26)27-5/h6-14,16H,1-5H3/t16-/m1/s1. The van der Waals surface area contributed by atoms with Gasteiger partial charge in [0.2, 0.25) is 0 Å². The van der Waals surface area contributed by atoms with E-state index in [1.165, 1.54) is 30.0 Å². The molecule has 1 atom stereocenters. The lowest BCUT2D eigenvalue weighted by atomic mass is 10.0. The summed E-state index contributed by atoms with van der Waals surface area (Å²) in [5.41, 5.74) is 4.39. The molecule has 0 saturated heterocycles. The van der Waals surface area contributed by atoms with Gasteiger partial charge in [-0.05, 0) is 31.4 Å². The first-order valence-corrected chi connectivity index (χ1v) is 10.2. The van der Waals surface area contributed by atoms with Gasteiger partial charge in [-0.15, -0.1) is 10.2 Å². The van der Waals surface area contributed by atoms with Crippen LogP contribution in [0.15, 0.2) is 53.7 Å². The van der Waals surface area contributed by atoms with Gasteiger partial charge in [-0.3, -0.25) is 9.36 Å². The molecule has 0 spiro atoms. The van der Waals surface area contributed by atoms with Gasteiger partial charge >= 0.3 is 5.97 Å². The van der Waals surface area contributed by atoms with E-state index in [4.69, 9.17) is 4.74 Å². The average molecular weight is 396 g/mol. The van der Waals surface area contributed by atoms with Crippen molar-refractivity contribution in [3.8, 4) is 17.1 Å². The number of esters is 1. The Balaban J connectivity index is 2.17. The number of thioether (sulfide) groups is 1. The summed E-state index contributed by atoms with van der Waals surface area (Å²) in [6.07, 6.45) is 0. The molecule has 28 heavy (non-hydrogen) atoms. The SMILES string of the molecule is COC(=O)[C@@H](C)Sc1nnc(-c2ccc(C)cc2)n1-c1ccccc1C(C)C. The number of hydrogen-bond acceptors (Lipinski definition) is 5. The van der Waals surface area contributed by atoms with Crippen molar-refractivity contribution >= 4 is 17.7 Å². The Kier molecular flexibility index (Phi) is 6.19. The fraction of sp³-hybridized carbons (Fsp3) is 0.318. The lowest BCUT2D eigenvalue weighted by Gasteiger charge is -2.17. The van der Waals surface area contributed by atoms with E-state index < -0.39 is 0 Å². The van der Waals surface area contributed by atoms with Crippen molar-refractivity contribution in [1.82, 2.24) is 14.8 Å². The van der Waals surface area contributed by atoms with E-state index in [0.29, 0.717) is 11.1 Å². The van der Waals surface area contributed by atoms with Crippen LogP contribution in [0, 0.1) is 6.92 Å². The van der Waals surface area contributed by atoms with Crippen LogP contribution in [0.2, 0.25) is 0 Å². The molecule has 1 aromatic heterocycles. The van der Waals surface area contributed by atoms with Gasteiger partial charge < -0.3 is 4.74 Å². The van der Waals surface area contributed by atoms with Gasteiger partial charge in [0.1, 0.15) is 5.25 Å². The minimum Gasteiger partial charge on any atom is -0.468 e. The van der Waals surface area contributed by atoms with Crippen molar-refractivity contribution in [3.63, 3.8) is 0 Å². The second-order valence-corrected chi connectivity index (χ2v) is 8.31. The molecule has 0 radical (unpaired) electrons. The van der Waals surface area contributed by atoms with E-state index >= 15 is 0 Å². The maximum absolute atomic E-state index is 12.0. The molecule has 3 rings (SSSR count). The van der Waals surface area contributed by atoms with Crippen LogP contribution in [0.4, 0.5) is 0 Å². The molecule has 0 aliphatic carbocycles. The molecule has 6 heteroatoms. The van der Waals surface area contributed by atoms with Crippen molar-refractivity contribution < 1.29 is 9.53 Å². The Labute approximate surface area is 170 Å². The van der Waals surface area contributed by atoms with E-state index in [9.17, 15) is 4.79 Å². The molecule has 0 bridgehead atoms. The van der Waals surface area contributed by atoms with E-state index in [-0.39, 0.29) is 11.2 Å². The minimum atomic E-state index is -0.384. The third-order valence-electron chi connectivity index (χ3n) is 4.56. The molecule has 0 fully saturated rings. The number of benzene rings is 2. The lowest BCUT2D eigenvalue weighted by molar-refractivity contribution is -0.139. The zero-order valence-electron chi connectivity index (χ0n) is 16.8. The summed E-state index contributed by atoms with van der Waals surface area (Å²) in [5.74, 6) is 0.807. The molecule has 0 amide bonds. The van der Waals surface area contributed by atoms with Crippen LogP contribution >= 0.6 is 11.8 Å². The highest BCUT2D eigenvalue weighted by Crippen LogP contribution is 2.33. The predicted octanol–water partition coefficient (Wildman–Crippen LogP) is 5.02. The smallest absolute Gasteiger partial charge is 0.318 e. The van der Waals surface area contributed by atoms with Gasteiger partial charge in [0.15, 0.2) is 11.0 Å². The molecule has 3 aromatic rings. The topological polar surface area (TPSA) is 57.0 Å². The number of rotatable bonds is 6. The van der Waals surface area contributed by atoms with Crippen molar-refractivity contribution in [2.24, 2.45) is 0 Å². The highest BCUT2D eigenvalue weighted by atomic mass is 32.2. The maximum Gasteiger partial charge on any atom is 0.318 e. The molecular formula is C22H25N3O2S. The van der Waals surface area contributed by atoms with Crippen LogP contribution in [0.3, 0.4) is 0 Å². The van der Waals surface area contributed by atoms with Crippen LogP contribution in [-0.2, 0) is 9.53 Å². The number of carbonyl (C=O) groups excluding carboxylic acids is 1. The van der Waals surface area contributed by atoms with E-state index in [1.807, 2.05) is 35.8 Å². The third-order valence-corrected chi connectivity index (χ3v) is 5.58. The van der Waals surface area contributed by atoms with Gasteiger partial charge in [0.05, 0.1) is 12.8 Å². The van der Waals surface area contributed by atoms with Crippen LogP contribution < -0.4 is 0 Å². The number of methoxy groups -OCH3 is 1. The molecule has 0 aliphatic heterocycles. The largest absolute Gasteiger partial charge is 0.468 e. The molecule has 0 saturated carbocycles. The highest BCUT2D eigenvalue weighted by Gasteiger charge is 2.23. The number of aryl methyl sites for hydroxylation is 1. The summed E-state index contributed by atoms with van der Waals surface area (Å²) in [7, 11) is 1.40. The summed E-state index contributed by atoms with van der Waals surface area (Å²) in [5, 5.41) is 9.17. The van der Waals surface area contributed by atoms with Gasteiger partial charge in [-0.2, -0.15) is 0 Å². The number of hydrogen-bond donors (Lipinski definition) is 0. The normalized spacial score (nSPS) is 12.2. The van der Waals surface area contributed by atoms with E-state index in [0.717, 1.165) is 17.1 Å². The Morgan fingerprint density at radius 3 is 2.36 bits per heavy atom. The number of aromatic nitrogens is 3. The molecule has 146 valence electrons. The minimum absolute atomic E-state index is 0.284. The summed E-state index contributed by atoms with van der Waals surface area (Å²) >= 11 is 1.35. The average Bonchev–Trinajstić information content (AvgIpc) is 3.11. The Bertz CT molecular complexity index is 964. The number of carbonyl (C=O) groups is 1. The molecule has 2 aromatic carbocycles. The van der Waals surface area contributed by atoms with Crippen molar-refractivity contribution in [2.75, 3.05) is 7.11 Å². The van der Waals surface area contributed by atoms with Crippen LogP contribution in [-0.4, -0.2) is 33.1 Å². The molecule has 0 N–H and O–H groups in total. The zero-order chi connectivity index (χ0) is 20.3. The first-order chi connectivity index (χ1) is 13.4. The van der Waals surface area contributed by atoms with Gasteiger partial charge in [0.25, 0.3) is 0 Å². The predicted molar refractivity (Wildman–Crippen MR) is 113 cm³/mol. The van der Waals surface area contributed by atoms with E-state index in [2.05, 4.69) is 55.2 Å². The highest BCUT2D eigenvalue weighted by molar-refractivity contribution is 8.00. The van der Waals surface area contributed by atoms with Crippen LogP contribution in [0.25, 0.3) is 17.1 Å². The summed E-state index contributed by atoms with van der Waals surface area (Å²) in [4.78, 5) is 12.0. The molecule has 5 nitrogen and oxygen atoms in total. The maximum atomic E-state index is 12.0. The van der Waals surface area contributed by atoms with Gasteiger partial charge in [0, 0.05) is 5.56 Å². The third kappa shape index (κ3) is 4.12. The first-order valence-electron chi connectivity index (χ1n) is 9.28. The fourth-order valence-electron chi connectivity index (χ4n) is 3.00. The number of para-hydroxylation sites is 1. The van der Waals surface area contributed by atoms with E-state index in [1.54, 1.807) is 0 Å². The van der Waals surface area contributed by atoms with Crippen LogP contribution in [0.5, 0.6) is 0 Å². The zero-order valence-corrected chi connectivity index (χ0v) is 17.7. The van der Waals surface area contributed by atoms with Crippen molar-refractivity contribution in [3.05, 3.63) is 59.7 Å². The molecule has 1 heterocycles. The molecular weight excluding hydrogens is 370 g/mol. The summed E-state index contributed by atoms with van der Waals surface area (Å²) < 4.78 is 6.92. The van der Waals surface area contributed by atoms with Gasteiger partial charge in [-0.1, -0.05) is 73.6 Å². The second-order valence-electron chi connectivity index (χ2n) is 7.00. The molecule has 0 aliphatic rings. The van der Waals surface area contributed by atoms with Crippen LogP contribution in [0.1, 0.15) is 37.8 Å². The second kappa shape index (κ2) is 8.61. The number of nitrogens with zero attached hydrogens (tertiary/aromatic N) is 3. The lowest BCUT2D eigenvalue weighted by Crippen LogP contribution is -2.16. The first kappa shape index (κ1) is 20.1. The summed E-state index contributed by atoms with van der Waals surface area (Å²) in [6, 6.07) is 16.5. The number of ether oxygens (including phenoxy) is 1. The Morgan fingerprint density at radius 2 is 1.71 bits per heavy atom. The molecule has 0 unspecified atom stereocenters.